The van der Waals surface area contributed by atoms with Crippen LogP contribution in [-0.4, -0.2) is 33.8 Å². The van der Waals surface area contributed by atoms with Crippen LogP contribution in [0.3, 0.4) is 0 Å². The summed E-state index contributed by atoms with van der Waals surface area (Å²) in [6.07, 6.45) is 3.98. The molecule has 7 nitrogen and oxygen atoms in total. The van der Waals surface area contributed by atoms with Crippen molar-refractivity contribution < 1.29 is 14.4 Å². The normalized spacial score (nSPS) is 15.2. The molecule has 29 heavy (non-hydrogen) atoms. The van der Waals surface area contributed by atoms with Gasteiger partial charge in [-0.25, -0.2) is 0 Å². The molecule has 2 aromatic carbocycles. The van der Waals surface area contributed by atoms with Gasteiger partial charge in [-0.1, -0.05) is 42.5 Å². The van der Waals surface area contributed by atoms with Gasteiger partial charge in [-0.2, -0.15) is 5.10 Å². The molecule has 4 rings (SSSR count). The van der Waals surface area contributed by atoms with E-state index in [2.05, 4.69) is 20.8 Å². The topological polar surface area (TPSA) is 104 Å². The highest BCUT2D eigenvalue weighted by molar-refractivity contribution is 6.39. The first kappa shape index (κ1) is 18.6. The maximum atomic E-state index is 12.6. The van der Waals surface area contributed by atoms with E-state index in [1.54, 1.807) is 54.7 Å². The number of hydrogen-bond donors (Lipinski definition) is 3. The first-order chi connectivity index (χ1) is 14.1. The summed E-state index contributed by atoms with van der Waals surface area (Å²) in [6, 6.07) is 15.3. The fraction of sp³-hybridized carbons (Fsp3) is 0.182. The van der Waals surface area contributed by atoms with Gasteiger partial charge in [-0.3, -0.25) is 19.5 Å². The van der Waals surface area contributed by atoms with Crippen LogP contribution in [0.15, 0.2) is 60.8 Å². The summed E-state index contributed by atoms with van der Waals surface area (Å²) < 4.78 is 0. The van der Waals surface area contributed by atoms with E-state index in [1.807, 2.05) is 6.07 Å². The van der Waals surface area contributed by atoms with Gasteiger partial charge in [0.05, 0.1) is 6.20 Å². The molecule has 3 N–H and O–H groups in total. The van der Waals surface area contributed by atoms with Crippen molar-refractivity contribution in [2.45, 2.75) is 25.3 Å². The van der Waals surface area contributed by atoms with Crippen LogP contribution in [0.1, 0.15) is 33.6 Å². The first-order valence-corrected chi connectivity index (χ1v) is 9.43. The average molecular weight is 388 g/mol. The number of rotatable bonds is 4. The lowest BCUT2D eigenvalue weighted by Gasteiger charge is -2.22. The summed E-state index contributed by atoms with van der Waals surface area (Å²) in [7, 11) is 0. The molecule has 1 heterocycles. The van der Waals surface area contributed by atoms with Crippen molar-refractivity contribution in [1.29, 1.82) is 0 Å². The highest BCUT2D eigenvalue weighted by Gasteiger charge is 2.24. The van der Waals surface area contributed by atoms with Gasteiger partial charge < -0.3 is 10.6 Å². The lowest BCUT2D eigenvalue weighted by Crippen LogP contribution is -2.44. The Kier molecular flexibility index (Phi) is 5.20. The second-order valence-electron chi connectivity index (χ2n) is 7.02. The van der Waals surface area contributed by atoms with Gasteiger partial charge in [0.15, 0.2) is 5.78 Å². The van der Waals surface area contributed by atoms with Crippen molar-refractivity contribution in [3.63, 3.8) is 0 Å². The fourth-order valence-corrected chi connectivity index (χ4v) is 3.46. The van der Waals surface area contributed by atoms with Crippen molar-refractivity contribution in [3.8, 4) is 0 Å². The van der Waals surface area contributed by atoms with Gasteiger partial charge in [0.1, 0.15) is 0 Å². The Bertz CT molecular complexity index is 1060. The minimum atomic E-state index is -0.760. The van der Waals surface area contributed by atoms with Crippen molar-refractivity contribution in [2.24, 2.45) is 0 Å². The number of amides is 2. The molecular weight excluding hydrogens is 368 g/mol. The lowest BCUT2D eigenvalue weighted by atomic mass is 9.94. The molecule has 0 radical (unpaired) electrons. The van der Waals surface area contributed by atoms with Gasteiger partial charge in [-0.05, 0) is 30.5 Å². The number of nitrogens with zero attached hydrogens (tertiary/aromatic N) is 1. The highest BCUT2D eigenvalue weighted by Crippen LogP contribution is 2.19. The van der Waals surface area contributed by atoms with Gasteiger partial charge in [0.25, 0.3) is 0 Å². The molecule has 2 amide bonds. The number of nitrogens with one attached hydrogen (secondary N) is 3. The van der Waals surface area contributed by atoms with E-state index >= 15 is 0 Å². The van der Waals surface area contributed by atoms with Crippen LogP contribution in [0.25, 0.3) is 0 Å². The second-order valence-corrected chi connectivity index (χ2v) is 7.02. The molecule has 0 saturated carbocycles. The maximum Gasteiger partial charge on any atom is 0.313 e. The number of hydrogen-bond acceptors (Lipinski definition) is 4. The zero-order valence-electron chi connectivity index (χ0n) is 15.6. The third-order valence-electron chi connectivity index (χ3n) is 4.98. The van der Waals surface area contributed by atoms with Crippen LogP contribution in [0.5, 0.6) is 0 Å². The van der Waals surface area contributed by atoms with Crippen LogP contribution >= 0.6 is 0 Å². The monoisotopic (exact) mass is 388 g/mol. The van der Waals surface area contributed by atoms with Crippen LogP contribution in [0, 0.1) is 0 Å². The second kappa shape index (κ2) is 8.10. The predicted octanol–water partition coefficient (Wildman–Crippen LogP) is 2.25. The quantitative estimate of drug-likeness (QED) is 0.471. The van der Waals surface area contributed by atoms with Gasteiger partial charge in [0.2, 0.25) is 0 Å². The van der Waals surface area contributed by atoms with Crippen molar-refractivity contribution in [2.75, 3.05) is 5.32 Å². The SMILES string of the molecule is O=C(Nc1cccc(C(=O)c2ccccc2)c1)C(=O)NC1CCc2cn[nH]c2C1. The molecule has 0 saturated heterocycles. The number of aromatic amines is 1. The molecule has 1 unspecified atom stereocenters. The standard InChI is InChI=1S/C22H20N4O3/c27-20(14-5-2-1-3-6-14)15-7-4-8-17(11-15)24-21(28)22(29)25-18-10-9-16-13-23-26-19(16)12-18/h1-8,11,13,18H,9-10,12H2,(H,23,26)(H,24,28)(H,25,29). The number of carbonyl (C=O) groups is 3. The predicted molar refractivity (Wildman–Crippen MR) is 107 cm³/mol. The van der Waals surface area contributed by atoms with E-state index in [1.165, 1.54) is 0 Å². The summed E-state index contributed by atoms with van der Waals surface area (Å²) in [5.74, 6) is -1.61. The van der Waals surface area contributed by atoms with Crippen LogP contribution in [0.2, 0.25) is 0 Å². The minimum absolute atomic E-state index is 0.118. The fourth-order valence-electron chi connectivity index (χ4n) is 3.46. The van der Waals surface area contributed by atoms with Gasteiger partial charge in [-0.15, -0.1) is 0 Å². The third-order valence-corrected chi connectivity index (χ3v) is 4.98. The van der Waals surface area contributed by atoms with Crippen molar-refractivity contribution in [1.82, 2.24) is 15.5 Å². The van der Waals surface area contributed by atoms with E-state index in [4.69, 9.17) is 0 Å². The summed E-state index contributed by atoms with van der Waals surface area (Å²) >= 11 is 0. The Morgan fingerprint density at radius 1 is 0.966 bits per heavy atom. The van der Waals surface area contributed by atoms with Crippen molar-refractivity contribution >= 4 is 23.3 Å². The number of benzene rings is 2. The maximum absolute atomic E-state index is 12.6. The molecule has 1 atom stereocenters. The zero-order chi connectivity index (χ0) is 20.2. The zero-order valence-corrected chi connectivity index (χ0v) is 15.6. The average Bonchev–Trinajstić information content (AvgIpc) is 3.22. The number of fused-ring (bicyclic) bond motifs is 1. The van der Waals surface area contributed by atoms with E-state index in [0.717, 1.165) is 24.1 Å². The summed E-state index contributed by atoms with van der Waals surface area (Å²) in [6.45, 7) is 0. The Morgan fingerprint density at radius 2 is 1.76 bits per heavy atom. The number of H-pyrrole nitrogens is 1. The molecule has 1 aromatic heterocycles. The number of anilines is 1. The molecule has 0 spiro atoms. The number of aromatic nitrogens is 2. The Morgan fingerprint density at radius 3 is 2.59 bits per heavy atom. The summed E-state index contributed by atoms with van der Waals surface area (Å²) in [5, 5.41) is 12.3. The largest absolute Gasteiger partial charge is 0.345 e. The molecule has 0 bridgehead atoms. The molecule has 1 aliphatic rings. The summed E-state index contributed by atoms with van der Waals surface area (Å²) in [5.41, 5.74) is 3.54. The molecule has 0 fully saturated rings. The number of ketones is 1. The molecule has 146 valence electrons. The third kappa shape index (κ3) is 4.24. The van der Waals surface area contributed by atoms with E-state index < -0.39 is 11.8 Å². The van der Waals surface area contributed by atoms with E-state index in [9.17, 15) is 14.4 Å². The van der Waals surface area contributed by atoms with Crippen molar-refractivity contribution in [3.05, 3.63) is 83.2 Å². The van der Waals surface area contributed by atoms with E-state index in [-0.39, 0.29) is 11.8 Å². The smallest absolute Gasteiger partial charge is 0.313 e. The van der Waals surface area contributed by atoms with Crippen LogP contribution in [-0.2, 0) is 22.4 Å². The molecule has 3 aromatic rings. The summed E-state index contributed by atoms with van der Waals surface area (Å²) in [4.78, 5) is 37.2. The molecule has 1 aliphatic carbocycles. The highest BCUT2D eigenvalue weighted by atomic mass is 16.2. The molecule has 7 heteroatoms. The number of carbonyl (C=O) groups excluding carboxylic acids is 3. The lowest BCUT2D eigenvalue weighted by molar-refractivity contribution is -0.136. The number of aryl methyl sites for hydroxylation is 1. The Hall–Kier alpha value is -3.74. The molecule has 0 aliphatic heterocycles. The Balaban J connectivity index is 1.38. The Labute approximate surface area is 167 Å². The minimum Gasteiger partial charge on any atom is -0.345 e. The van der Waals surface area contributed by atoms with Gasteiger partial charge >= 0.3 is 11.8 Å². The van der Waals surface area contributed by atoms with Crippen LogP contribution in [0.4, 0.5) is 5.69 Å². The molecular formula is C22H20N4O3. The van der Waals surface area contributed by atoms with E-state index in [0.29, 0.717) is 23.2 Å². The van der Waals surface area contributed by atoms with Crippen LogP contribution < -0.4 is 10.6 Å². The van der Waals surface area contributed by atoms with Gasteiger partial charge in [0, 0.05) is 35.0 Å². The first-order valence-electron chi connectivity index (χ1n) is 9.43.